The van der Waals surface area contributed by atoms with Gasteiger partial charge in [-0.25, -0.2) is 4.98 Å². The summed E-state index contributed by atoms with van der Waals surface area (Å²) in [4.78, 5) is 4.30. The molecule has 94 valence electrons. The number of aromatic nitrogens is 2. The predicted molar refractivity (Wildman–Crippen MR) is 72.4 cm³/mol. The molecule has 1 aromatic carbocycles. The molecule has 18 heavy (non-hydrogen) atoms. The van der Waals surface area contributed by atoms with Crippen molar-refractivity contribution < 1.29 is 0 Å². The molecule has 1 saturated heterocycles. The summed E-state index contributed by atoms with van der Waals surface area (Å²) in [5.41, 5.74) is 2.74. The molecule has 3 heteroatoms. The van der Waals surface area contributed by atoms with Gasteiger partial charge in [0.2, 0.25) is 0 Å². The topological polar surface area (TPSA) is 29.9 Å². The minimum Gasteiger partial charge on any atom is -0.335 e. The van der Waals surface area contributed by atoms with Gasteiger partial charge >= 0.3 is 0 Å². The average Bonchev–Trinajstić information content (AvgIpc) is 3.07. The Labute approximate surface area is 108 Å². The molecule has 0 spiro atoms. The SMILES string of the molecule is CCn1cncc1C1CCNC1c1ccccc1. The van der Waals surface area contributed by atoms with Crippen LogP contribution in [0.15, 0.2) is 42.9 Å². The number of imidazole rings is 1. The molecule has 1 fully saturated rings. The van der Waals surface area contributed by atoms with Gasteiger partial charge in [-0.2, -0.15) is 0 Å². The average molecular weight is 241 g/mol. The lowest BCUT2D eigenvalue weighted by Crippen LogP contribution is -2.18. The van der Waals surface area contributed by atoms with Gasteiger partial charge in [0.1, 0.15) is 0 Å². The monoisotopic (exact) mass is 241 g/mol. The van der Waals surface area contributed by atoms with Crippen LogP contribution in [0.2, 0.25) is 0 Å². The second-order valence-corrected chi connectivity index (χ2v) is 4.84. The van der Waals surface area contributed by atoms with E-state index in [1.807, 2.05) is 12.5 Å². The molecule has 0 radical (unpaired) electrons. The van der Waals surface area contributed by atoms with Crippen LogP contribution in [0.3, 0.4) is 0 Å². The molecule has 1 aliphatic rings. The van der Waals surface area contributed by atoms with Crippen molar-refractivity contribution in [2.75, 3.05) is 6.54 Å². The number of hydrogen-bond donors (Lipinski definition) is 1. The van der Waals surface area contributed by atoms with Gasteiger partial charge < -0.3 is 9.88 Å². The molecule has 3 nitrogen and oxygen atoms in total. The number of nitrogens with zero attached hydrogens (tertiary/aromatic N) is 2. The molecule has 0 saturated carbocycles. The maximum absolute atomic E-state index is 4.30. The van der Waals surface area contributed by atoms with E-state index < -0.39 is 0 Å². The standard InChI is InChI=1S/C15H19N3/c1-2-18-11-16-10-14(18)13-8-9-17-15(13)12-6-4-3-5-7-12/h3-7,10-11,13,15,17H,2,8-9H2,1H3. The van der Waals surface area contributed by atoms with Crippen molar-refractivity contribution in [2.45, 2.75) is 31.8 Å². The fourth-order valence-electron chi connectivity index (χ4n) is 2.94. The fourth-order valence-corrected chi connectivity index (χ4v) is 2.94. The van der Waals surface area contributed by atoms with Gasteiger partial charge in [0.05, 0.1) is 6.33 Å². The Morgan fingerprint density at radius 3 is 2.94 bits per heavy atom. The van der Waals surface area contributed by atoms with Crippen LogP contribution in [0.4, 0.5) is 0 Å². The van der Waals surface area contributed by atoms with Crippen molar-refractivity contribution in [2.24, 2.45) is 0 Å². The summed E-state index contributed by atoms with van der Waals surface area (Å²) in [7, 11) is 0. The van der Waals surface area contributed by atoms with Gasteiger partial charge in [-0.3, -0.25) is 0 Å². The largest absolute Gasteiger partial charge is 0.335 e. The molecule has 3 rings (SSSR count). The normalized spacial score (nSPS) is 23.4. The highest BCUT2D eigenvalue weighted by Gasteiger charge is 2.31. The van der Waals surface area contributed by atoms with Gasteiger partial charge in [0.15, 0.2) is 0 Å². The Hall–Kier alpha value is -1.61. The summed E-state index contributed by atoms with van der Waals surface area (Å²) in [6, 6.07) is 11.1. The van der Waals surface area contributed by atoms with Gasteiger partial charge in [-0.05, 0) is 25.5 Å². The van der Waals surface area contributed by atoms with E-state index in [0.29, 0.717) is 12.0 Å². The van der Waals surface area contributed by atoms with Gasteiger partial charge in [0, 0.05) is 30.4 Å². The maximum atomic E-state index is 4.30. The highest BCUT2D eigenvalue weighted by atomic mass is 15.1. The van der Waals surface area contributed by atoms with Crippen LogP contribution in [0.1, 0.15) is 36.6 Å². The van der Waals surface area contributed by atoms with Crippen LogP contribution in [0.25, 0.3) is 0 Å². The van der Waals surface area contributed by atoms with E-state index in [1.54, 1.807) is 0 Å². The molecule has 0 bridgehead atoms. The third-order valence-corrected chi connectivity index (χ3v) is 3.85. The summed E-state index contributed by atoms with van der Waals surface area (Å²) in [6.07, 6.45) is 5.15. The molecule has 2 heterocycles. The van der Waals surface area contributed by atoms with Crippen LogP contribution < -0.4 is 5.32 Å². The van der Waals surface area contributed by atoms with Crippen LogP contribution in [0, 0.1) is 0 Å². The zero-order chi connectivity index (χ0) is 12.4. The molecule has 2 unspecified atom stereocenters. The molecule has 1 aromatic heterocycles. The second-order valence-electron chi connectivity index (χ2n) is 4.84. The van der Waals surface area contributed by atoms with Crippen LogP contribution >= 0.6 is 0 Å². The minimum atomic E-state index is 0.424. The van der Waals surface area contributed by atoms with Crippen molar-refractivity contribution >= 4 is 0 Å². The molecule has 0 amide bonds. The molecule has 2 aromatic rings. The van der Waals surface area contributed by atoms with Crippen molar-refractivity contribution in [1.82, 2.24) is 14.9 Å². The molecular formula is C15H19N3. The van der Waals surface area contributed by atoms with Gasteiger partial charge in [-0.1, -0.05) is 30.3 Å². The third kappa shape index (κ3) is 1.95. The van der Waals surface area contributed by atoms with Crippen LogP contribution in [-0.2, 0) is 6.54 Å². The van der Waals surface area contributed by atoms with Crippen LogP contribution in [0.5, 0.6) is 0 Å². The first-order valence-corrected chi connectivity index (χ1v) is 6.68. The van der Waals surface area contributed by atoms with Crippen molar-refractivity contribution in [1.29, 1.82) is 0 Å². The predicted octanol–water partition coefficient (Wildman–Crippen LogP) is 2.72. The zero-order valence-electron chi connectivity index (χ0n) is 10.7. The smallest absolute Gasteiger partial charge is 0.0948 e. The van der Waals surface area contributed by atoms with E-state index in [0.717, 1.165) is 13.1 Å². The first kappa shape index (κ1) is 11.5. The van der Waals surface area contributed by atoms with E-state index in [-0.39, 0.29) is 0 Å². The second kappa shape index (κ2) is 4.94. The molecule has 1 N–H and O–H groups in total. The molecule has 2 atom stereocenters. The number of benzene rings is 1. The van der Waals surface area contributed by atoms with Crippen molar-refractivity contribution in [3.8, 4) is 0 Å². The highest BCUT2D eigenvalue weighted by Crippen LogP contribution is 2.37. The summed E-state index contributed by atoms with van der Waals surface area (Å²) in [5, 5.41) is 3.62. The van der Waals surface area contributed by atoms with E-state index in [1.165, 1.54) is 17.7 Å². The summed E-state index contributed by atoms with van der Waals surface area (Å²) in [6.45, 7) is 4.25. The van der Waals surface area contributed by atoms with E-state index >= 15 is 0 Å². The quantitative estimate of drug-likeness (QED) is 0.895. The first-order valence-electron chi connectivity index (χ1n) is 6.68. The minimum absolute atomic E-state index is 0.424. The lowest BCUT2D eigenvalue weighted by molar-refractivity contribution is 0.539. The van der Waals surface area contributed by atoms with Gasteiger partial charge in [-0.15, -0.1) is 0 Å². The zero-order valence-corrected chi connectivity index (χ0v) is 10.7. The van der Waals surface area contributed by atoms with Crippen molar-refractivity contribution in [3.63, 3.8) is 0 Å². The number of nitrogens with one attached hydrogen (secondary N) is 1. The number of rotatable bonds is 3. The Morgan fingerprint density at radius 2 is 2.17 bits per heavy atom. The summed E-state index contributed by atoms with van der Waals surface area (Å²) >= 11 is 0. The maximum Gasteiger partial charge on any atom is 0.0948 e. The third-order valence-electron chi connectivity index (χ3n) is 3.85. The van der Waals surface area contributed by atoms with Gasteiger partial charge in [0.25, 0.3) is 0 Å². The Kier molecular flexibility index (Phi) is 3.15. The van der Waals surface area contributed by atoms with E-state index in [4.69, 9.17) is 0 Å². The first-order chi connectivity index (χ1) is 8.90. The Balaban J connectivity index is 1.92. The number of hydrogen-bond acceptors (Lipinski definition) is 2. The Bertz CT molecular complexity index is 503. The highest BCUT2D eigenvalue weighted by molar-refractivity contribution is 5.26. The van der Waals surface area contributed by atoms with E-state index in [2.05, 4.69) is 52.1 Å². The molecule has 0 aliphatic carbocycles. The van der Waals surface area contributed by atoms with Crippen molar-refractivity contribution in [3.05, 3.63) is 54.1 Å². The van der Waals surface area contributed by atoms with E-state index in [9.17, 15) is 0 Å². The lowest BCUT2D eigenvalue weighted by Gasteiger charge is -2.21. The molecular weight excluding hydrogens is 222 g/mol. The molecule has 1 aliphatic heterocycles. The lowest BCUT2D eigenvalue weighted by atomic mass is 9.91. The Morgan fingerprint density at radius 1 is 1.33 bits per heavy atom. The fraction of sp³-hybridized carbons (Fsp3) is 0.400. The number of aryl methyl sites for hydroxylation is 1. The summed E-state index contributed by atoms with van der Waals surface area (Å²) in [5.74, 6) is 0.537. The summed E-state index contributed by atoms with van der Waals surface area (Å²) < 4.78 is 2.26. The van der Waals surface area contributed by atoms with Crippen LogP contribution in [-0.4, -0.2) is 16.1 Å².